The molecule has 0 unspecified atom stereocenters. The molecule has 5 nitrogen and oxygen atoms in total. The van der Waals surface area contributed by atoms with Gasteiger partial charge in [-0.15, -0.1) is 11.3 Å². The van der Waals surface area contributed by atoms with Gasteiger partial charge in [0.1, 0.15) is 5.00 Å². The SMILES string of the molecule is CC[NH+]1CCN(C(=O)c2c(NC(C)=O)sc3c2CC[C@H](C)C3)CC1. The molecule has 0 radical (unpaired) electrons. The summed E-state index contributed by atoms with van der Waals surface area (Å²) in [5, 5.41) is 3.67. The Bertz CT molecular complexity index is 632. The third-order valence-electron chi connectivity index (χ3n) is 5.27. The maximum Gasteiger partial charge on any atom is 0.257 e. The summed E-state index contributed by atoms with van der Waals surface area (Å²) < 4.78 is 0. The number of nitrogens with zero attached hydrogens (tertiary/aromatic N) is 1. The lowest BCUT2D eigenvalue weighted by molar-refractivity contribution is -0.902. The molecule has 24 heavy (non-hydrogen) atoms. The predicted octanol–water partition coefficient (Wildman–Crippen LogP) is 1.19. The Morgan fingerprint density at radius 1 is 1.33 bits per heavy atom. The summed E-state index contributed by atoms with van der Waals surface area (Å²) in [6.07, 6.45) is 3.10. The second-order valence-corrected chi connectivity index (χ2v) is 8.24. The molecule has 2 amide bonds. The number of nitrogens with one attached hydrogen (secondary N) is 2. The van der Waals surface area contributed by atoms with Crippen molar-refractivity contribution in [2.75, 3.05) is 38.0 Å². The lowest BCUT2D eigenvalue weighted by Gasteiger charge is -2.32. The zero-order valence-corrected chi connectivity index (χ0v) is 15.7. The zero-order valence-electron chi connectivity index (χ0n) is 14.9. The number of fused-ring (bicyclic) bond motifs is 1. The Labute approximate surface area is 148 Å². The fourth-order valence-electron chi connectivity index (χ4n) is 3.76. The highest BCUT2D eigenvalue weighted by Gasteiger charge is 2.32. The normalized spacial score (nSPS) is 21.5. The Kier molecular flexibility index (Phi) is 5.25. The van der Waals surface area contributed by atoms with E-state index >= 15 is 0 Å². The molecule has 1 saturated heterocycles. The first-order valence-corrected chi connectivity index (χ1v) is 9.86. The maximum atomic E-state index is 13.2. The average molecular weight is 351 g/mol. The highest BCUT2D eigenvalue weighted by Crippen LogP contribution is 2.40. The molecular formula is C18H28N3O2S+. The topological polar surface area (TPSA) is 53.9 Å². The molecule has 1 aromatic rings. The van der Waals surface area contributed by atoms with Crippen LogP contribution in [0.25, 0.3) is 0 Å². The van der Waals surface area contributed by atoms with Crippen molar-refractivity contribution in [1.29, 1.82) is 0 Å². The van der Waals surface area contributed by atoms with Crippen LogP contribution in [0.4, 0.5) is 5.00 Å². The molecule has 1 aliphatic heterocycles. The number of quaternary nitrogens is 1. The largest absolute Gasteiger partial charge is 0.332 e. The van der Waals surface area contributed by atoms with E-state index < -0.39 is 0 Å². The summed E-state index contributed by atoms with van der Waals surface area (Å²) >= 11 is 1.61. The fraction of sp³-hybridized carbons (Fsp3) is 0.667. The van der Waals surface area contributed by atoms with Crippen LogP contribution in [0, 0.1) is 5.92 Å². The van der Waals surface area contributed by atoms with Crippen LogP contribution in [0.5, 0.6) is 0 Å². The van der Waals surface area contributed by atoms with Crippen molar-refractivity contribution in [2.45, 2.75) is 40.0 Å². The summed E-state index contributed by atoms with van der Waals surface area (Å²) in [6.45, 7) is 10.7. The number of thiophene rings is 1. The number of likely N-dealkylation sites (N-methyl/N-ethyl adjacent to an activating group) is 1. The van der Waals surface area contributed by atoms with Gasteiger partial charge in [0, 0.05) is 11.8 Å². The lowest BCUT2D eigenvalue weighted by atomic mass is 9.88. The van der Waals surface area contributed by atoms with Gasteiger partial charge in [0.25, 0.3) is 5.91 Å². The van der Waals surface area contributed by atoms with Crippen molar-refractivity contribution in [3.05, 3.63) is 16.0 Å². The van der Waals surface area contributed by atoms with Crippen LogP contribution >= 0.6 is 11.3 Å². The molecule has 6 heteroatoms. The maximum absolute atomic E-state index is 13.2. The van der Waals surface area contributed by atoms with Crippen molar-refractivity contribution < 1.29 is 14.5 Å². The Morgan fingerprint density at radius 2 is 2.04 bits per heavy atom. The molecule has 0 spiro atoms. The molecule has 132 valence electrons. The summed E-state index contributed by atoms with van der Waals surface area (Å²) in [4.78, 5) is 29.6. The molecule has 0 bridgehead atoms. The first-order chi connectivity index (χ1) is 11.5. The van der Waals surface area contributed by atoms with Gasteiger partial charge in [-0.3, -0.25) is 9.59 Å². The highest BCUT2D eigenvalue weighted by molar-refractivity contribution is 7.17. The van der Waals surface area contributed by atoms with E-state index in [9.17, 15) is 9.59 Å². The van der Waals surface area contributed by atoms with E-state index in [4.69, 9.17) is 0 Å². The second-order valence-electron chi connectivity index (χ2n) is 7.13. The standard InChI is InChI=1S/C18H27N3O2S/c1-4-20-7-9-21(10-8-20)18(23)16-14-6-5-12(2)11-15(14)24-17(16)19-13(3)22/h12H,4-11H2,1-3H3,(H,19,22)/p+1/t12-/m0/s1. The molecule has 1 fully saturated rings. The van der Waals surface area contributed by atoms with Crippen LogP contribution in [0.2, 0.25) is 0 Å². The summed E-state index contributed by atoms with van der Waals surface area (Å²) in [5.74, 6) is 0.665. The van der Waals surface area contributed by atoms with Gasteiger partial charge in [0.15, 0.2) is 0 Å². The van der Waals surface area contributed by atoms with E-state index in [0.717, 1.165) is 62.6 Å². The number of amides is 2. The van der Waals surface area contributed by atoms with E-state index in [1.807, 2.05) is 4.90 Å². The van der Waals surface area contributed by atoms with Gasteiger partial charge in [-0.05, 0) is 37.7 Å². The van der Waals surface area contributed by atoms with Crippen molar-refractivity contribution in [2.24, 2.45) is 5.92 Å². The van der Waals surface area contributed by atoms with Crippen molar-refractivity contribution in [3.8, 4) is 0 Å². The van der Waals surface area contributed by atoms with Crippen LogP contribution in [0.1, 0.15) is 48.0 Å². The van der Waals surface area contributed by atoms with Crippen molar-refractivity contribution in [3.63, 3.8) is 0 Å². The zero-order chi connectivity index (χ0) is 17.3. The first kappa shape index (κ1) is 17.4. The van der Waals surface area contributed by atoms with Crippen LogP contribution in [-0.4, -0.2) is 49.4 Å². The smallest absolute Gasteiger partial charge is 0.257 e. The van der Waals surface area contributed by atoms with Gasteiger partial charge in [-0.25, -0.2) is 0 Å². The predicted molar refractivity (Wildman–Crippen MR) is 97.0 cm³/mol. The van der Waals surface area contributed by atoms with E-state index in [1.54, 1.807) is 16.2 Å². The Hall–Kier alpha value is -1.40. The van der Waals surface area contributed by atoms with Crippen molar-refractivity contribution in [1.82, 2.24) is 4.90 Å². The van der Waals surface area contributed by atoms with Crippen LogP contribution in [0.15, 0.2) is 0 Å². The van der Waals surface area contributed by atoms with E-state index in [-0.39, 0.29) is 11.8 Å². The number of hydrogen-bond donors (Lipinski definition) is 2. The highest BCUT2D eigenvalue weighted by atomic mass is 32.1. The van der Waals surface area contributed by atoms with Gasteiger partial charge >= 0.3 is 0 Å². The van der Waals surface area contributed by atoms with Gasteiger partial charge in [-0.1, -0.05) is 6.92 Å². The molecule has 2 heterocycles. The molecule has 3 rings (SSSR count). The van der Waals surface area contributed by atoms with Crippen molar-refractivity contribution >= 4 is 28.2 Å². The Balaban J connectivity index is 1.88. The molecule has 1 aliphatic carbocycles. The van der Waals surface area contributed by atoms with Gasteiger partial charge in [0.05, 0.1) is 38.3 Å². The molecule has 1 aromatic heterocycles. The molecule has 2 aliphatic rings. The summed E-state index contributed by atoms with van der Waals surface area (Å²) in [7, 11) is 0. The quantitative estimate of drug-likeness (QED) is 0.860. The molecule has 2 N–H and O–H groups in total. The number of carbonyl (C=O) groups is 2. The van der Waals surface area contributed by atoms with E-state index in [2.05, 4.69) is 19.2 Å². The van der Waals surface area contributed by atoms with Crippen LogP contribution < -0.4 is 10.2 Å². The van der Waals surface area contributed by atoms with E-state index in [1.165, 1.54) is 17.4 Å². The fourth-order valence-corrected chi connectivity index (χ4v) is 5.21. The van der Waals surface area contributed by atoms with Gasteiger partial charge in [0.2, 0.25) is 5.91 Å². The summed E-state index contributed by atoms with van der Waals surface area (Å²) in [5.41, 5.74) is 1.97. The number of anilines is 1. The van der Waals surface area contributed by atoms with Crippen LogP contribution in [-0.2, 0) is 17.6 Å². The Morgan fingerprint density at radius 3 is 2.67 bits per heavy atom. The second kappa shape index (κ2) is 7.23. The minimum Gasteiger partial charge on any atom is -0.332 e. The number of hydrogen-bond acceptors (Lipinski definition) is 3. The molecule has 0 saturated carbocycles. The minimum atomic E-state index is -0.101. The lowest BCUT2D eigenvalue weighted by Crippen LogP contribution is -3.14. The summed E-state index contributed by atoms with van der Waals surface area (Å²) in [6, 6.07) is 0. The third kappa shape index (κ3) is 3.49. The number of piperazine rings is 1. The third-order valence-corrected chi connectivity index (χ3v) is 6.44. The minimum absolute atomic E-state index is 0.101. The van der Waals surface area contributed by atoms with Gasteiger partial charge in [-0.2, -0.15) is 0 Å². The molecule has 0 aromatic carbocycles. The number of rotatable bonds is 3. The van der Waals surface area contributed by atoms with E-state index in [0.29, 0.717) is 5.92 Å². The molecule has 1 atom stereocenters. The van der Waals surface area contributed by atoms with Gasteiger partial charge < -0.3 is 15.1 Å². The van der Waals surface area contributed by atoms with Crippen LogP contribution in [0.3, 0.4) is 0 Å². The molecular weight excluding hydrogens is 322 g/mol. The monoisotopic (exact) mass is 350 g/mol. The first-order valence-electron chi connectivity index (χ1n) is 9.04. The number of carbonyl (C=O) groups excluding carboxylic acids is 2. The average Bonchev–Trinajstić information content (AvgIpc) is 2.90.